The van der Waals surface area contributed by atoms with Gasteiger partial charge in [0, 0.05) is 19.8 Å². The van der Waals surface area contributed by atoms with Gasteiger partial charge in [-0.2, -0.15) is 36.4 Å². The van der Waals surface area contributed by atoms with Crippen molar-refractivity contribution in [3.8, 4) is 0 Å². The molecule has 36 heavy (non-hydrogen) atoms. The van der Waals surface area contributed by atoms with Crippen LogP contribution in [0.4, 0.5) is 43.9 Å². The normalized spacial score (nSPS) is 12.4. The monoisotopic (exact) mass is 521 g/mol. The Morgan fingerprint density at radius 2 is 1.75 bits per heavy atom. The van der Waals surface area contributed by atoms with E-state index >= 15 is 0 Å². The molecule has 0 amide bonds. The van der Waals surface area contributed by atoms with Gasteiger partial charge in [0.1, 0.15) is 35.8 Å². The van der Waals surface area contributed by atoms with Gasteiger partial charge in [0.15, 0.2) is 5.82 Å². The summed E-state index contributed by atoms with van der Waals surface area (Å²) in [7, 11) is 1.73. The second-order valence-corrected chi connectivity index (χ2v) is 7.87. The molecule has 0 aromatic carbocycles. The van der Waals surface area contributed by atoms with Crippen LogP contribution in [0.5, 0.6) is 0 Å². The first kappa shape index (κ1) is 27.4. The van der Waals surface area contributed by atoms with Gasteiger partial charge in [-0.3, -0.25) is 4.68 Å². The average Bonchev–Trinajstić information content (AvgIpc) is 3.12. The van der Waals surface area contributed by atoms with Crippen LogP contribution >= 0.6 is 0 Å². The second kappa shape index (κ2) is 11.2. The molecule has 0 spiro atoms. The van der Waals surface area contributed by atoms with Crippen molar-refractivity contribution in [3.63, 3.8) is 0 Å². The van der Waals surface area contributed by atoms with Crippen LogP contribution in [0.15, 0.2) is 18.3 Å². The smallest absolute Gasteiger partial charge is 0.370 e. The molecule has 0 atom stereocenters. The zero-order valence-corrected chi connectivity index (χ0v) is 19.7. The Kier molecular flexibility index (Phi) is 8.55. The lowest BCUT2D eigenvalue weighted by atomic mass is 10.3. The largest absolute Gasteiger partial charge is 0.411 e. The Morgan fingerprint density at radius 1 is 1.06 bits per heavy atom. The van der Waals surface area contributed by atoms with Crippen LogP contribution in [0.2, 0.25) is 0 Å². The molecule has 0 saturated heterocycles. The number of nitrogens with one attached hydrogen (secondary N) is 1. The fraction of sp³-hybridized carbons (Fsp3) is 0.524. The molecule has 0 unspecified atom stereocenters. The number of nitrogens with zero attached hydrogens (tertiary/aromatic N) is 6. The van der Waals surface area contributed by atoms with E-state index in [1.54, 1.807) is 30.3 Å². The van der Waals surface area contributed by atoms with Crippen LogP contribution in [0, 0.1) is 6.92 Å². The van der Waals surface area contributed by atoms with Crippen LogP contribution in [0.3, 0.4) is 0 Å². The molecule has 9 nitrogen and oxygen atoms in total. The average molecular weight is 521 g/mol. The summed E-state index contributed by atoms with van der Waals surface area (Å²) in [5, 5.41) is 7.34. The van der Waals surface area contributed by atoms with Crippen molar-refractivity contribution in [2.45, 2.75) is 39.4 Å². The highest BCUT2D eigenvalue weighted by Gasteiger charge is 2.29. The predicted octanol–water partition coefficient (Wildman–Crippen LogP) is 4.39. The van der Waals surface area contributed by atoms with Crippen molar-refractivity contribution in [3.05, 3.63) is 29.6 Å². The van der Waals surface area contributed by atoms with Crippen LogP contribution in [-0.2, 0) is 22.6 Å². The van der Waals surface area contributed by atoms with Gasteiger partial charge >= 0.3 is 12.4 Å². The number of aromatic nitrogens is 5. The Hall–Kier alpha value is -3.20. The maximum atomic E-state index is 12.6. The zero-order valence-electron chi connectivity index (χ0n) is 19.7. The summed E-state index contributed by atoms with van der Waals surface area (Å²) in [5.41, 5.74) is 1.42. The highest BCUT2D eigenvalue weighted by molar-refractivity contribution is 5.90. The quantitative estimate of drug-likeness (QED) is 0.294. The Morgan fingerprint density at radius 3 is 2.39 bits per heavy atom. The Balaban J connectivity index is 2.05. The topological polar surface area (TPSA) is 90.2 Å². The summed E-state index contributed by atoms with van der Waals surface area (Å²) in [5.74, 6) is 0.903. The molecule has 3 heterocycles. The van der Waals surface area contributed by atoms with E-state index < -0.39 is 32.2 Å². The van der Waals surface area contributed by atoms with E-state index in [4.69, 9.17) is 9.47 Å². The maximum absolute atomic E-state index is 12.6. The third kappa shape index (κ3) is 7.65. The Labute approximate surface area is 202 Å². The van der Waals surface area contributed by atoms with E-state index in [9.17, 15) is 26.3 Å². The molecule has 3 aromatic rings. The summed E-state index contributed by atoms with van der Waals surface area (Å²) in [6.45, 7) is 0.254. The van der Waals surface area contributed by atoms with Crippen LogP contribution in [0.25, 0.3) is 11.0 Å². The zero-order chi connectivity index (χ0) is 26.5. The summed E-state index contributed by atoms with van der Waals surface area (Å²) >= 11 is 0. The van der Waals surface area contributed by atoms with Gasteiger partial charge in [0.2, 0.25) is 5.95 Å². The Bertz CT molecular complexity index is 1170. The fourth-order valence-corrected chi connectivity index (χ4v) is 3.12. The molecule has 3 aromatic heterocycles. The molecule has 0 radical (unpaired) electrons. The number of hydrogen-bond acceptors (Lipinski definition) is 8. The number of hydrogen-bond donors (Lipinski definition) is 1. The van der Waals surface area contributed by atoms with Crippen LogP contribution in [-0.4, -0.2) is 70.5 Å². The standard InChI is InChI=1S/C21H25F6N7O2/c1-4-33(3)19-30-16-14(10-36-12-21(25,26)27)32-34(7-8-35-11-20(22,23)24)17(16)18(31-19)29-15-9-13(2)5-6-28-15/h5-6,9H,4,7-8,10-12H2,1-3H3,(H,28,29,30,31). The number of fused-ring (bicyclic) bond motifs is 1. The summed E-state index contributed by atoms with van der Waals surface area (Å²) in [6, 6.07) is 3.53. The highest BCUT2D eigenvalue weighted by atomic mass is 19.4. The number of halogens is 6. The van der Waals surface area contributed by atoms with Gasteiger partial charge < -0.3 is 19.7 Å². The van der Waals surface area contributed by atoms with Gasteiger partial charge in [0.05, 0.1) is 19.8 Å². The molecule has 1 N–H and O–H groups in total. The molecule has 0 aliphatic rings. The van der Waals surface area contributed by atoms with Gasteiger partial charge in [0.25, 0.3) is 0 Å². The molecule has 198 valence electrons. The highest BCUT2D eigenvalue weighted by Crippen LogP contribution is 2.29. The molecule has 0 aliphatic heterocycles. The fourth-order valence-electron chi connectivity index (χ4n) is 3.12. The number of anilines is 3. The number of ether oxygens (including phenoxy) is 2. The third-order valence-electron chi connectivity index (χ3n) is 4.84. The van der Waals surface area contributed by atoms with Crippen molar-refractivity contribution in [2.24, 2.45) is 0 Å². The first-order valence-corrected chi connectivity index (χ1v) is 10.8. The molecule has 0 aliphatic carbocycles. The van der Waals surface area contributed by atoms with E-state index in [-0.39, 0.29) is 41.6 Å². The van der Waals surface area contributed by atoms with Gasteiger partial charge in [-0.1, -0.05) is 0 Å². The minimum absolute atomic E-state index is 0.0680. The SMILES string of the molecule is CCN(C)c1nc(Nc2cc(C)ccn2)c2c(n1)c(COCC(F)(F)F)nn2CCOCC(F)(F)F. The second-order valence-electron chi connectivity index (χ2n) is 7.87. The minimum Gasteiger partial charge on any atom is -0.370 e. The molecular weight excluding hydrogens is 496 g/mol. The summed E-state index contributed by atoms with van der Waals surface area (Å²) < 4.78 is 86.0. The number of rotatable bonds is 11. The van der Waals surface area contributed by atoms with Gasteiger partial charge in [-0.15, -0.1) is 0 Å². The predicted molar refractivity (Wildman–Crippen MR) is 119 cm³/mol. The molecule has 0 fully saturated rings. The molecule has 0 bridgehead atoms. The number of alkyl halides is 6. The van der Waals surface area contributed by atoms with Crippen LogP contribution in [0.1, 0.15) is 18.2 Å². The van der Waals surface area contributed by atoms with E-state index in [1.807, 2.05) is 13.8 Å². The van der Waals surface area contributed by atoms with Crippen LogP contribution < -0.4 is 10.2 Å². The molecule has 3 rings (SSSR count). The first-order chi connectivity index (χ1) is 16.9. The number of aryl methyl sites for hydroxylation is 1. The van der Waals surface area contributed by atoms with Crippen molar-refractivity contribution >= 4 is 28.6 Å². The van der Waals surface area contributed by atoms with Crippen molar-refractivity contribution < 1.29 is 35.8 Å². The van der Waals surface area contributed by atoms with E-state index in [0.717, 1.165) is 5.56 Å². The van der Waals surface area contributed by atoms with Crippen molar-refractivity contribution in [1.29, 1.82) is 0 Å². The summed E-state index contributed by atoms with van der Waals surface area (Å²) in [6.07, 6.45) is -7.47. The van der Waals surface area contributed by atoms with E-state index in [1.165, 1.54) is 4.68 Å². The minimum atomic E-state index is -4.55. The summed E-state index contributed by atoms with van der Waals surface area (Å²) in [4.78, 5) is 14.9. The maximum Gasteiger partial charge on any atom is 0.411 e. The van der Waals surface area contributed by atoms with Gasteiger partial charge in [-0.05, 0) is 31.5 Å². The van der Waals surface area contributed by atoms with E-state index in [0.29, 0.717) is 12.4 Å². The van der Waals surface area contributed by atoms with Crippen molar-refractivity contribution in [1.82, 2.24) is 24.7 Å². The van der Waals surface area contributed by atoms with E-state index in [2.05, 4.69) is 25.4 Å². The van der Waals surface area contributed by atoms with Gasteiger partial charge in [-0.25, -0.2) is 9.97 Å². The molecule has 0 saturated carbocycles. The molecule has 15 heteroatoms. The third-order valence-corrected chi connectivity index (χ3v) is 4.84. The lowest BCUT2D eigenvalue weighted by Crippen LogP contribution is -2.20. The lowest BCUT2D eigenvalue weighted by Gasteiger charge is -2.17. The first-order valence-electron chi connectivity index (χ1n) is 10.8. The van der Waals surface area contributed by atoms with Crippen molar-refractivity contribution in [2.75, 3.05) is 43.6 Å². The molecular formula is C21H25F6N7O2. The lowest BCUT2D eigenvalue weighted by molar-refractivity contribution is -0.177. The number of pyridine rings is 1.